The van der Waals surface area contributed by atoms with Crippen molar-refractivity contribution in [2.24, 2.45) is 0 Å². The zero-order valence-electron chi connectivity index (χ0n) is 13.6. The van der Waals surface area contributed by atoms with Gasteiger partial charge in [-0.2, -0.15) is 5.10 Å². The predicted molar refractivity (Wildman–Crippen MR) is 86.3 cm³/mol. The molecule has 2 heterocycles. The molecular formula is C17H22N4O2. The highest BCUT2D eigenvalue weighted by Gasteiger charge is 2.26. The van der Waals surface area contributed by atoms with E-state index in [-0.39, 0.29) is 12.5 Å². The first kappa shape index (κ1) is 15.5. The smallest absolute Gasteiger partial charge is 0.260 e. The van der Waals surface area contributed by atoms with Gasteiger partial charge in [-0.3, -0.25) is 9.89 Å². The summed E-state index contributed by atoms with van der Waals surface area (Å²) in [4.78, 5) is 18.6. The van der Waals surface area contributed by atoms with Crippen LogP contribution in [0.4, 0.5) is 0 Å². The van der Waals surface area contributed by atoms with Crippen LogP contribution in [0.3, 0.4) is 0 Å². The molecule has 0 spiro atoms. The summed E-state index contributed by atoms with van der Waals surface area (Å²) in [5.74, 6) is 2.85. The van der Waals surface area contributed by atoms with Gasteiger partial charge in [0.15, 0.2) is 12.4 Å². The summed E-state index contributed by atoms with van der Waals surface area (Å²) >= 11 is 0. The first-order valence-corrected chi connectivity index (χ1v) is 7.98. The molecule has 0 aliphatic carbocycles. The van der Waals surface area contributed by atoms with Crippen molar-refractivity contribution >= 4 is 5.91 Å². The number of carbonyl (C=O) groups is 1. The fraction of sp³-hybridized carbons (Fsp3) is 0.471. The molecule has 0 bridgehead atoms. The summed E-state index contributed by atoms with van der Waals surface area (Å²) in [6.45, 7) is 5.43. The van der Waals surface area contributed by atoms with Gasteiger partial charge in [-0.05, 0) is 38.3 Å². The molecule has 1 amide bonds. The van der Waals surface area contributed by atoms with Gasteiger partial charge in [0, 0.05) is 19.0 Å². The SMILES string of the molecule is Cc1nc(C2CCN(C(=O)COc3ccccc3C)CC2)n[nH]1. The van der Waals surface area contributed by atoms with Crippen molar-refractivity contribution in [1.82, 2.24) is 20.1 Å². The number of aryl methyl sites for hydroxylation is 2. The second-order valence-corrected chi connectivity index (χ2v) is 5.99. The van der Waals surface area contributed by atoms with E-state index in [1.165, 1.54) is 0 Å². The molecule has 0 unspecified atom stereocenters. The minimum Gasteiger partial charge on any atom is -0.484 e. The average Bonchev–Trinajstić information content (AvgIpc) is 3.00. The van der Waals surface area contributed by atoms with Crippen molar-refractivity contribution in [3.63, 3.8) is 0 Å². The molecule has 6 nitrogen and oxygen atoms in total. The minimum absolute atomic E-state index is 0.0397. The number of likely N-dealkylation sites (tertiary alicyclic amines) is 1. The first-order chi connectivity index (χ1) is 11.1. The Labute approximate surface area is 135 Å². The molecule has 1 aromatic carbocycles. The van der Waals surface area contributed by atoms with E-state index >= 15 is 0 Å². The third-order valence-electron chi connectivity index (χ3n) is 4.27. The Kier molecular flexibility index (Phi) is 4.60. The fourth-order valence-electron chi connectivity index (χ4n) is 2.88. The molecule has 1 aliphatic rings. The highest BCUT2D eigenvalue weighted by molar-refractivity contribution is 5.77. The number of ether oxygens (including phenoxy) is 1. The van der Waals surface area contributed by atoms with E-state index in [0.29, 0.717) is 5.92 Å². The number of H-pyrrole nitrogens is 1. The largest absolute Gasteiger partial charge is 0.484 e. The Balaban J connectivity index is 1.49. The van der Waals surface area contributed by atoms with Gasteiger partial charge in [0.2, 0.25) is 0 Å². The van der Waals surface area contributed by atoms with Crippen LogP contribution in [0.25, 0.3) is 0 Å². The van der Waals surface area contributed by atoms with Crippen molar-refractivity contribution in [2.45, 2.75) is 32.6 Å². The molecule has 3 rings (SSSR count). The number of aromatic nitrogens is 3. The van der Waals surface area contributed by atoms with Gasteiger partial charge >= 0.3 is 0 Å². The molecule has 0 atom stereocenters. The summed E-state index contributed by atoms with van der Waals surface area (Å²) in [7, 11) is 0. The van der Waals surface area contributed by atoms with E-state index in [0.717, 1.165) is 48.9 Å². The summed E-state index contributed by atoms with van der Waals surface area (Å²) in [5.41, 5.74) is 1.04. The van der Waals surface area contributed by atoms with Crippen LogP contribution in [0.1, 0.15) is 36.0 Å². The van der Waals surface area contributed by atoms with Crippen molar-refractivity contribution in [1.29, 1.82) is 0 Å². The lowest BCUT2D eigenvalue weighted by Gasteiger charge is -2.30. The van der Waals surface area contributed by atoms with Crippen LogP contribution in [-0.2, 0) is 4.79 Å². The number of piperidine rings is 1. The lowest BCUT2D eigenvalue weighted by atomic mass is 9.96. The summed E-state index contributed by atoms with van der Waals surface area (Å²) in [6.07, 6.45) is 1.79. The molecule has 1 N–H and O–H groups in total. The number of para-hydroxylation sites is 1. The highest BCUT2D eigenvalue weighted by Crippen LogP contribution is 2.25. The van der Waals surface area contributed by atoms with Gasteiger partial charge in [0.05, 0.1) is 0 Å². The Morgan fingerprint density at radius 3 is 2.70 bits per heavy atom. The second-order valence-electron chi connectivity index (χ2n) is 5.99. The van der Waals surface area contributed by atoms with Gasteiger partial charge in [-0.15, -0.1) is 0 Å². The maximum Gasteiger partial charge on any atom is 0.260 e. The standard InChI is InChI=1S/C17H22N4O2/c1-12-5-3-4-6-15(12)23-11-16(22)21-9-7-14(8-10-21)17-18-13(2)19-20-17/h3-6,14H,7-11H2,1-2H3,(H,18,19,20). The molecule has 1 fully saturated rings. The third kappa shape index (κ3) is 3.70. The van der Waals surface area contributed by atoms with Crippen LogP contribution in [0.15, 0.2) is 24.3 Å². The summed E-state index contributed by atoms with van der Waals surface area (Å²) in [6, 6.07) is 7.74. The van der Waals surface area contributed by atoms with E-state index in [1.54, 1.807) is 0 Å². The molecule has 23 heavy (non-hydrogen) atoms. The van der Waals surface area contributed by atoms with Crippen LogP contribution >= 0.6 is 0 Å². The minimum atomic E-state index is 0.0397. The Morgan fingerprint density at radius 2 is 2.04 bits per heavy atom. The number of hydrogen-bond acceptors (Lipinski definition) is 4. The lowest BCUT2D eigenvalue weighted by Crippen LogP contribution is -2.40. The van der Waals surface area contributed by atoms with E-state index < -0.39 is 0 Å². The van der Waals surface area contributed by atoms with Crippen LogP contribution in [0, 0.1) is 13.8 Å². The molecule has 2 aromatic rings. The number of rotatable bonds is 4. The van der Waals surface area contributed by atoms with Crippen LogP contribution < -0.4 is 4.74 Å². The van der Waals surface area contributed by atoms with Crippen molar-refractivity contribution in [3.05, 3.63) is 41.5 Å². The zero-order chi connectivity index (χ0) is 16.2. The zero-order valence-corrected chi connectivity index (χ0v) is 13.6. The predicted octanol–water partition coefficient (Wildman–Crippen LogP) is 2.21. The summed E-state index contributed by atoms with van der Waals surface area (Å²) < 4.78 is 5.65. The number of hydrogen-bond donors (Lipinski definition) is 1. The topological polar surface area (TPSA) is 71.1 Å². The normalized spacial score (nSPS) is 15.7. The monoisotopic (exact) mass is 314 g/mol. The quantitative estimate of drug-likeness (QED) is 0.939. The van der Waals surface area contributed by atoms with Crippen molar-refractivity contribution in [3.8, 4) is 5.75 Å². The Morgan fingerprint density at radius 1 is 1.30 bits per heavy atom. The highest BCUT2D eigenvalue weighted by atomic mass is 16.5. The molecule has 0 saturated carbocycles. The molecular weight excluding hydrogens is 292 g/mol. The maximum atomic E-state index is 12.3. The molecule has 1 saturated heterocycles. The van der Waals surface area contributed by atoms with Gasteiger partial charge in [0.25, 0.3) is 5.91 Å². The second kappa shape index (κ2) is 6.81. The summed E-state index contributed by atoms with van der Waals surface area (Å²) in [5, 5.41) is 7.11. The van der Waals surface area contributed by atoms with E-state index in [4.69, 9.17) is 4.74 Å². The number of nitrogens with one attached hydrogen (secondary N) is 1. The Bertz CT molecular complexity index is 675. The first-order valence-electron chi connectivity index (χ1n) is 7.98. The number of carbonyl (C=O) groups excluding carboxylic acids is 1. The molecule has 1 aromatic heterocycles. The number of amides is 1. The number of benzene rings is 1. The van der Waals surface area contributed by atoms with Gasteiger partial charge < -0.3 is 9.64 Å². The average molecular weight is 314 g/mol. The van der Waals surface area contributed by atoms with E-state index in [9.17, 15) is 4.79 Å². The molecule has 122 valence electrons. The van der Waals surface area contributed by atoms with Crippen molar-refractivity contribution < 1.29 is 9.53 Å². The van der Waals surface area contributed by atoms with Gasteiger partial charge in [-0.1, -0.05) is 18.2 Å². The van der Waals surface area contributed by atoms with E-state index in [2.05, 4.69) is 15.2 Å². The molecule has 0 radical (unpaired) electrons. The maximum absolute atomic E-state index is 12.3. The van der Waals surface area contributed by atoms with Crippen LogP contribution in [-0.4, -0.2) is 45.7 Å². The third-order valence-corrected chi connectivity index (χ3v) is 4.27. The van der Waals surface area contributed by atoms with E-state index in [1.807, 2.05) is 43.0 Å². The van der Waals surface area contributed by atoms with Crippen LogP contribution in [0.5, 0.6) is 5.75 Å². The van der Waals surface area contributed by atoms with Crippen LogP contribution in [0.2, 0.25) is 0 Å². The molecule has 1 aliphatic heterocycles. The lowest BCUT2D eigenvalue weighted by molar-refractivity contribution is -0.134. The van der Waals surface area contributed by atoms with Gasteiger partial charge in [0.1, 0.15) is 11.6 Å². The molecule has 6 heteroatoms. The number of aromatic amines is 1. The van der Waals surface area contributed by atoms with Crippen molar-refractivity contribution in [2.75, 3.05) is 19.7 Å². The van der Waals surface area contributed by atoms with Gasteiger partial charge in [-0.25, -0.2) is 4.98 Å². The Hall–Kier alpha value is -2.37. The number of nitrogens with zero attached hydrogens (tertiary/aromatic N) is 3. The fourth-order valence-corrected chi connectivity index (χ4v) is 2.88.